The highest BCUT2D eigenvalue weighted by molar-refractivity contribution is 6.30. The van der Waals surface area contributed by atoms with Crippen molar-refractivity contribution >= 4 is 23.2 Å². The van der Waals surface area contributed by atoms with Crippen molar-refractivity contribution in [2.24, 2.45) is 0 Å². The molecular weight excluding hydrogens is 290 g/mol. The van der Waals surface area contributed by atoms with E-state index in [4.69, 9.17) is 16.3 Å². The van der Waals surface area contributed by atoms with Crippen LogP contribution in [0.2, 0.25) is 5.15 Å². The van der Waals surface area contributed by atoms with Crippen molar-refractivity contribution < 1.29 is 4.74 Å². The number of nitrogens with zero attached hydrogens (tertiary/aromatic N) is 4. The molecule has 1 aromatic carbocycles. The van der Waals surface area contributed by atoms with E-state index in [1.165, 1.54) is 6.33 Å². The number of halogens is 1. The maximum atomic E-state index is 6.17. The molecule has 4 rings (SSSR count). The maximum Gasteiger partial charge on any atom is 0.255 e. The molecule has 1 aliphatic heterocycles. The van der Waals surface area contributed by atoms with Crippen LogP contribution in [-0.2, 0) is 0 Å². The summed E-state index contributed by atoms with van der Waals surface area (Å²) in [7, 11) is 0. The van der Waals surface area contributed by atoms with Crippen LogP contribution < -0.4 is 10.1 Å². The first-order valence-electron chi connectivity index (χ1n) is 6.58. The fourth-order valence-corrected chi connectivity index (χ4v) is 2.68. The van der Waals surface area contributed by atoms with Crippen LogP contribution in [0, 0.1) is 6.92 Å². The standard InChI is InChI=1S/C14H12ClN5O/c1-8-12(15)19-14-16-7-17-20(14)13(8)18-10-6-21-11-5-3-2-4-9(10)11/h2-5,7,10,18H,6H2,1H3. The molecule has 0 radical (unpaired) electrons. The molecule has 2 aromatic heterocycles. The fourth-order valence-electron chi connectivity index (χ4n) is 2.51. The lowest BCUT2D eigenvalue weighted by Crippen LogP contribution is -2.16. The van der Waals surface area contributed by atoms with Crippen LogP contribution in [0.5, 0.6) is 5.75 Å². The summed E-state index contributed by atoms with van der Waals surface area (Å²) in [5.41, 5.74) is 1.96. The summed E-state index contributed by atoms with van der Waals surface area (Å²) < 4.78 is 7.35. The molecule has 106 valence electrons. The number of hydrogen-bond acceptors (Lipinski definition) is 5. The zero-order valence-corrected chi connectivity index (χ0v) is 12.0. The normalized spacial score (nSPS) is 16.8. The highest BCUT2D eigenvalue weighted by atomic mass is 35.5. The summed E-state index contributed by atoms with van der Waals surface area (Å²) in [4.78, 5) is 8.28. The second kappa shape index (κ2) is 4.60. The molecule has 0 saturated carbocycles. The third kappa shape index (κ3) is 1.91. The summed E-state index contributed by atoms with van der Waals surface area (Å²) in [5.74, 6) is 2.16. The van der Waals surface area contributed by atoms with E-state index in [0.29, 0.717) is 17.5 Å². The number of anilines is 1. The average molecular weight is 302 g/mol. The molecule has 3 heterocycles. The van der Waals surface area contributed by atoms with Gasteiger partial charge in [0.25, 0.3) is 5.78 Å². The van der Waals surface area contributed by atoms with Gasteiger partial charge >= 0.3 is 0 Å². The number of nitrogens with one attached hydrogen (secondary N) is 1. The molecule has 0 spiro atoms. The van der Waals surface area contributed by atoms with Crippen molar-refractivity contribution in [2.45, 2.75) is 13.0 Å². The van der Waals surface area contributed by atoms with Gasteiger partial charge in [0.2, 0.25) is 0 Å². The summed E-state index contributed by atoms with van der Waals surface area (Å²) >= 11 is 6.17. The summed E-state index contributed by atoms with van der Waals surface area (Å²) in [6, 6.07) is 8.03. The van der Waals surface area contributed by atoms with Gasteiger partial charge in [-0.15, -0.1) is 0 Å². The zero-order chi connectivity index (χ0) is 14.4. The van der Waals surface area contributed by atoms with Gasteiger partial charge in [-0.05, 0) is 13.0 Å². The molecule has 0 aliphatic carbocycles. The Bertz CT molecular complexity index is 831. The number of ether oxygens (including phenoxy) is 1. The second-order valence-corrected chi connectivity index (χ2v) is 5.25. The molecule has 1 unspecified atom stereocenters. The lowest BCUT2D eigenvalue weighted by Gasteiger charge is -2.16. The third-order valence-corrected chi connectivity index (χ3v) is 3.98. The highest BCUT2D eigenvalue weighted by Gasteiger charge is 2.25. The Morgan fingerprint density at radius 1 is 1.38 bits per heavy atom. The Morgan fingerprint density at radius 3 is 3.14 bits per heavy atom. The van der Waals surface area contributed by atoms with E-state index >= 15 is 0 Å². The van der Waals surface area contributed by atoms with Crippen molar-refractivity contribution in [1.82, 2.24) is 19.6 Å². The minimum Gasteiger partial charge on any atom is -0.491 e. The van der Waals surface area contributed by atoms with Gasteiger partial charge in [0, 0.05) is 11.1 Å². The van der Waals surface area contributed by atoms with Crippen LogP contribution in [0.25, 0.3) is 5.78 Å². The van der Waals surface area contributed by atoms with Gasteiger partial charge in [-0.2, -0.15) is 19.6 Å². The summed E-state index contributed by atoms with van der Waals surface area (Å²) in [6.45, 7) is 2.47. The van der Waals surface area contributed by atoms with Gasteiger partial charge in [-0.1, -0.05) is 29.8 Å². The molecule has 0 saturated heterocycles. The first-order chi connectivity index (χ1) is 10.2. The molecule has 1 atom stereocenters. The summed E-state index contributed by atoms with van der Waals surface area (Å²) in [5, 5.41) is 8.07. The number of fused-ring (bicyclic) bond motifs is 2. The SMILES string of the molecule is Cc1c(Cl)nc2ncnn2c1NC1COc2ccccc21. The van der Waals surface area contributed by atoms with E-state index in [1.54, 1.807) is 4.52 Å². The molecule has 1 aliphatic rings. The van der Waals surface area contributed by atoms with Gasteiger partial charge in [0.1, 0.15) is 29.7 Å². The van der Waals surface area contributed by atoms with Gasteiger partial charge in [0.05, 0.1) is 6.04 Å². The molecule has 1 N–H and O–H groups in total. The smallest absolute Gasteiger partial charge is 0.255 e. The van der Waals surface area contributed by atoms with Gasteiger partial charge in [-0.3, -0.25) is 0 Å². The van der Waals surface area contributed by atoms with E-state index in [0.717, 1.165) is 22.7 Å². The zero-order valence-electron chi connectivity index (χ0n) is 11.2. The molecule has 0 bridgehead atoms. The van der Waals surface area contributed by atoms with E-state index in [9.17, 15) is 0 Å². The van der Waals surface area contributed by atoms with Gasteiger partial charge < -0.3 is 10.1 Å². The second-order valence-electron chi connectivity index (χ2n) is 4.89. The first kappa shape index (κ1) is 12.4. The first-order valence-corrected chi connectivity index (χ1v) is 6.96. The number of para-hydroxylation sites is 1. The van der Waals surface area contributed by atoms with E-state index < -0.39 is 0 Å². The lowest BCUT2D eigenvalue weighted by atomic mass is 10.1. The molecule has 0 fully saturated rings. The van der Waals surface area contributed by atoms with Crippen LogP contribution in [-0.4, -0.2) is 26.2 Å². The largest absolute Gasteiger partial charge is 0.491 e. The average Bonchev–Trinajstić information content (AvgIpc) is 3.10. The van der Waals surface area contributed by atoms with Crippen molar-refractivity contribution in [1.29, 1.82) is 0 Å². The number of rotatable bonds is 2. The lowest BCUT2D eigenvalue weighted by molar-refractivity contribution is 0.339. The van der Waals surface area contributed by atoms with Crippen molar-refractivity contribution in [2.75, 3.05) is 11.9 Å². The van der Waals surface area contributed by atoms with Gasteiger partial charge in [-0.25, -0.2) is 0 Å². The Hall–Kier alpha value is -2.34. The van der Waals surface area contributed by atoms with Crippen molar-refractivity contribution in [3.8, 4) is 5.75 Å². The minimum absolute atomic E-state index is 0.0470. The number of aromatic nitrogens is 4. The summed E-state index contributed by atoms with van der Waals surface area (Å²) in [6.07, 6.45) is 1.46. The van der Waals surface area contributed by atoms with Gasteiger partial charge in [0.15, 0.2) is 0 Å². The van der Waals surface area contributed by atoms with E-state index in [-0.39, 0.29) is 6.04 Å². The fraction of sp³-hybridized carbons (Fsp3) is 0.214. The predicted octanol–water partition coefficient (Wildman–Crippen LogP) is 2.63. The Morgan fingerprint density at radius 2 is 2.24 bits per heavy atom. The van der Waals surface area contributed by atoms with Crippen LogP contribution in [0.15, 0.2) is 30.6 Å². The topological polar surface area (TPSA) is 64.3 Å². The Kier molecular flexibility index (Phi) is 2.71. The highest BCUT2D eigenvalue weighted by Crippen LogP contribution is 2.35. The monoisotopic (exact) mass is 301 g/mol. The maximum absolute atomic E-state index is 6.17. The third-order valence-electron chi connectivity index (χ3n) is 3.62. The van der Waals surface area contributed by atoms with E-state index in [1.807, 2.05) is 25.1 Å². The quantitative estimate of drug-likeness (QED) is 0.737. The Balaban J connectivity index is 1.79. The molecular formula is C14H12ClN5O. The molecule has 3 aromatic rings. The van der Waals surface area contributed by atoms with Crippen molar-refractivity contribution in [3.05, 3.63) is 46.9 Å². The Labute approximate surface area is 125 Å². The number of benzene rings is 1. The van der Waals surface area contributed by atoms with Crippen molar-refractivity contribution in [3.63, 3.8) is 0 Å². The van der Waals surface area contributed by atoms with Crippen LogP contribution >= 0.6 is 11.6 Å². The number of hydrogen-bond donors (Lipinski definition) is 1. The van der Waals surface area contributed by atoms with Crippen LogP contribution in [0.1, 0.15) is 17.2 Å². The molecule has 6 nitrogen and oxygen atoms in total. The minimum atomic E-state index is 0.0470. The molecule has 7 heteroatoms. The molecule has 0 amide bonds. The van der Waals surface area contributed by atoms with E-state index in [2.05, 4.69) is 26.4 Å². The van der Waals surface area contributed by atoms with Crippen LogP contribution in [0.3, 0.4) is 0 Å². The van der Waals surface area contributed by atoms with Crippen LogP contribution in [0.4, 0.5) is 5.82 Å². The molecule has 21 heavy (non-hydrogen) atoms. The predicted molar refractivity (Wildman–Crippen MR) is 78.8 cm³/mol.